The van der Waals surface area contributed by atoms with Crippen molar-refractivity contribution in [1.29, 1.82) is 0 Å². The van der Waals surface area contributed by atoms with Crippen LogP contribution in [0, 0.1) is 0 Å². The molecular weight excluding hydrogens is 244 g/mol. The second-order valence-corrected chi connectivity index (χ2v) is 6.08. The zero-order valence-corrected chi connectivity index (χ0v) is 10.8. The van der Waals surface area contributed by atoms with Gasteiger partial charge in [-0.1, -0.05) is 6.92 Å². The summed E-state index contributed by atoms with van der Waals surface area (Å²) < 4.78 is 26.3. The lowest BCUT2D eigenvalue weighted by Crippen LogP contribution is -2.42. The van der Waals surface area contributed by atoms with E-state index >= 15 is 0 Å². The van der Waals surface area contributed by atoms with Crippen molar-refractivity contribution in [3.05, 3.63) is 18.0 Å². The van der Waals surface area contributed by atoms with Crippen LogP contribution in [0.4, 0.5) is 0 Å². The van der Waals surface area contributed by atoms with E-state index in [0.717, 1.165) is 12.3 Å². The SMILES string of the molecule is CCC(C)(C)NS(=O)(=O)c1c[nH]c(C(=O)O)c1. The van der Waals surface area contributed by atoms with Crippen LogP contribution < -0.4 is 4.72 Å². The van der Waals surface area contributed by atoms with E-state index in [1.54, 1.807) is 13.8 Å². The van der Waals surface area contributed by atoms with E-state index < -0.39 is 21.5 Å². The number of aromatic nitrogens is 1. The number of hydrogen-bond donors (Lipinski definition) is 3. The number of carboxylic acids is 1. The fourth-order valence-electron chi connectivity index (χ4n) is 1.15. The standard InChI is InChI=1S/C10H16N2O4S/c1-4-10(2,3)12-17(15,16)7-5-8(9(13)14)11-6-7/h5-6,11-12H,4H2,1-3H3,(H,13,14). The van der Waals surface area contributed by atoms with Gasteiger partial charge in [0.15, 0.2) is 0 Å². The van der Waals surface area contributed by atoms with E-state index in [4.69, 9.17) is 5.11 Å². The minimum Gasteiger partial charge on any atom is -0.477 e. The predicted octanol–water partition coefficient (Wildman–Crippen LogP) is 1.18. The van der Waals surface area contributed by atoms with Gasteiger partial charge < -0.3 is 10.1 Å². The van der Waals surface area contributed by atoms with E-state index in [9.17, 15) is 13.2 Å². The first-order chi connectivity index (χ1) is 7.68. The topological polar surface area (TPSA) is 99.3 Å². The highest BCUT2D eigenvalue weighted by atomic mass is 32.2. The molecule has 0 saturated carbocycles. The number of nitrogens with one attached hydrogen (secondary N) is 2. The van der Waals surface area contributed by atoms with E-state index in [2.05, 4.69) is 9.71 Å². The van der Waals surface area contributed by atoms with Crippen LogP contribution in [-0.4, -0.2) is 30.0 Å². The van der Waals surface area contributed by atoms with Crippen LogP contribution in [0.1, 0.15) is 37.7 Å². The highest BCUT2D eigenvalue weighted by molar-refractivity contribution is 7.89. The van der Waals surface area contributed by atoms with Gasteiger partial charge in [0.25, 0.3) is 0 Å². The first-order valence-corrected chi connectivity index (χ1v) is 6.62. The number of rotatable bonds is 5. The lowest BCUT2D eigenvalue weighted by molar-refractivity contribution is 0.0691. The molecule has 0 saturated heterocycles. The molecule has 6 nitrogen and oxygen atoms in total. The molecule has 96 valence electrons. The molecule has 0 radical (unpaired) electrons. The molecule has 0 spiro atoms. The first-order valence-electron chi connectivity index (χ1n) is 5.13. The predicted molar refractivity (Wildman–Crippen MR) is 62.4 cm³/mol. The summed E-state index contributed by atoms with van der Waals surface area (Å²) in [5.74, 6) is -1.19. The Morgan fingerprint density at radius 3 is 2.53 bits per heavy atom. The van der Waals surface area contributed by atoms with Gasteiger partial charge >= 0.3 is 5.97 Å². The zero-order valence-electron chi connectivity index (χ0n) is 9.94. The van der Waals surface area contributed by atoms with Crippen molar-refractivity contribution in [3.8, 4) is 0 Å². The average Bonchev–Trinajstić information content (AvgIpc) is 2.65. The second kappa shape index (κ2) is 4.50. The number of H-pyrrole nitrogens is 1. The fraction of sp³-hybridized carbons (Fsp3) is 0.500. The van der Waals surface area contributed by atoms with Crippen LogP contribution in [0.3, 0.4) is 0 Å². The van der Waals surface area contributed by atoms with Crippen molar-refractivity contribution < 1.29 is 18.3 Å². The van der Waals surface area contributed by atoms with Crippen molar-refractivity contribution in [2.75, 3.05) is 0 Å². The highest BCUT2D eigenvalue weighted by Gasteiger charge is 2.25. The van der Waals surface area contributed by atoms with Gasteiger partial charge in [-0.15, -0.1) is 0 Å². The van der Waals surface area contributed by atoms with Crippen molar-refractivity contribution in [2.24, 2.45) is 0 Å². The third-order valence-electron chi connectivity index (χ3n) is 2.49. The monoisotopic (exact) mass is 260 g/mol. The summed E-state index contributed by atoms with van der Waals surface area (Å²) >= 11 is 0. The minimum atomic E-state index is -3.69. The van der Waals surface area contributed by atoms with E-state index in [1.807, 2.05) is 6.92 Å². The third kappa shape index (κ3) is 3.31. The molecule has 0 amide bonds. The van der Waals surface area contributed by atoms with Gasteiger partial charge in [-0.2, -0.15) is 0 Å². The number of aromatic carboxylic acids is 1. The highest BCUT2D eigenvalue weighted by Crippen LogP contribution is 2.16. The summed E-state index contributed by atoms with van der Waals surface area (Å²) in [6.45, 7) is 5.38. The number of sulfonamides is 1. The van der Waals surface area contributed by atoms with Gasteiger partial charge in [0.2, 0.25) is 10.0 Å². The second-order valence-electron chi connectivity index (χ2n) is 4.40. The molecule has 17 heavy (non-hydrogen) atoms. The summed E-state index contributed by atoms with van der Waals surface area (Å²) in [6.07, 6.45) is 1.79. The van der Waals surface area contributed by atoms with Crippen molar-refractivity contribution in [1.82, 2.24) is 9.71 Å². The van der Waals surface area contributed by atoms with Crippen LogP contribution in [0.5, 0.6) is 0 Å². The van der Waals surface area contributed by atoms with E-state index in [1.165, 1.54) is 0 Å². The largest absolute Gasteiger partial charge is 0.477 e. The van der Waals surface area contributed by atoms with E-state index in [-0.39, 0.29) is 10.6 Å². The van der Waals surface area contributed by atoms with Crippen molar-refractivity contribution >= 4 is 16.0 Å². The molecular formula is C10H16N2O4S. The first kappa shape index (κ1) is 13.7. The number of hydrogen-bond acceptors (Lipinski definition) is 3. The van der Waals surface area contributed by atoms with Gasteiger partial charge in [0.1, 0.15) is 10.6 Å². The normalized spacial score (nSPS) is 12.6. The van der Waals surface area contributed by atoms with Gasteiger partial charge in [-0.3, -0.25) is 0 Å². The molecule has 0 aliphatic heterocycles. The molecule has 0 aliphatic carbocycles. The molecule has 1 aromatic heterocycles. The average molecular weight is 260 g/mol. The summed E-state index contributed by atoms with van der Waals surface area (Å²) in [4.78, 5) is 13.0. The third-order valence-corrected chi connectivity index (χ3v) is 4.17. The Kier molecular flexibility index (Phi) is 3.63. The Morgan fingerprint density at radius 1 is 1.53 bits per heavy atom. The smallest absolute Gasteiger partial charge is 0.352 e. The Labute approximate surface area is 100 Å². The maximum atomic E-state index is 11.9. The Bertz CT molecular complexity index is 516. The number of carboxylic acid groups (broad SMARTS) is 1. The number of aromatic amines is 1. The molecule has 0 fully saturated rings. The van der Waals surface area contributed by atoms with Crippen LogP contribution in [0.2, 0.25) is 0 Å². The van der Waals surface area contributed by atoms with Gasteiger partial charge in [-0.05, 0) is 26.3 Å². The molecule has 0 unspecified atom stereocenters. The summed E-state index contributed by atoms with van der Waals surface area (Å²) in [7, 11) is -3.69. The van der Waals surface area contributed by atoms with Crippen LogP contribution in [0.15, 0.2) is 17.2 Å². The number of carbonyl (C=O) groups is 1. The van der Waals surface area contributed by atoms with Crippen LogP contribution in [0.25, 0.3) is 0 Å². The Balaban J connectivity index is 3.02. The fourth-order valence-corrected chi connectivity index (χ4v) is 2.62. The molecule has 0 atom stereocenters. The maximum absolute atomic E-state index is 11.9. The van der Waals surface area contributed by atoms with Crippen molar-refractivity contribution in [3.63, 3.8) is 0 Å². The maximum Gasteiger partial charge on any atom is 0.352 e. The summed E-state index contributed by atoms with van der Waals surface area (Å²) in [5.41, 5.74) is -0.723. The zero-order chi connectivity index (χ0) is 13.3. The molecule has 3 N–H and O–H groups in total. The Hall–Kier alpha value is -1.34. The molecule has 1 rings (SSSR count). The van der Waals surface area contributed by atoms with Gasteiger partial charge in [-0.25, -0.2) is 17.9 Å². The molecule has 0 aromatic carbocycles. The van der Waals surface area contributed by atoms with Crippen LogP contribution >= 0.6 is 0 Å². The van der Waals surface area contributed by atoms with E-state index in [0.29, 0.717) is 6.42 Å². The molecule has 1 heterocycles. The van der Waals surface area contributed by atoms with Gasteiger partial charge in [0.05, 0.1) is 0 Å². The van der Waals surface area contributed by atoms with Gasteiger partial charge in [0, 0.05) is 11.7 Å². The lowest BCUT2D eigenvalue weighted by atomic mass is 10.0. The summed E-state index contributed by atoms with van der Waals surface area (Å²) in [6, 6.07) is 1.09. The minimum absolute atomic E-state index is 0.0728. The molecule has 0 aliphatic rings. The summed E-state index contributed by atoms with van der Waals surface area (Å²) in [5, 5.41) is 8.70. The molecule has 1 aromatic rings. The molecule has 0 bridgehead atoms. The van der Waals surface area contributed by atoms with Crippen molar-refractivity contribution in [2.45, 2.75) is 37.6 Å². The molecule has 7 heteroatoms. The quantitative estimate of drug-likeness (QED) is 0.740. The lowest BCUT2D eigenvalue weighted by Gasteiger charge is -2.23. The Morgan fingerprint density at radius 2 is 2.12 bits per heavy atom. The van der Waals surface area contributed by atoms with Crippen LogP contribution in [-0.2, 0) is 10.0 Å².